The largest absolute Gasteiger partial charge is 0.392 e. The molecule has 1 heterocycles. The van der Waals surface area contributed by atoms with E-state index in [1.807, 2.05) is 30.5 Å². The Bertz CT molecular complexity index is 505. The summed E-state index contributed by atoms with van der Waals surface area (Å²) in [7, 11) is 0. The topological polar surface area (TPSA) is 25.2 Å². The second-order valence-electron chi connectivity index (χ2n) is 3.51. The lowest BCUT2D eigenvalue weighted by Gasteiger charge is -2.02. The molecule has 0 bridgehead atoms. The van der Waals surface area contributed by atoms with Crippen molar-refractivity contribution in [1.82, 2.24) is 4.57 Å². The van der Waals surface area contributed by atoms with Gasteiger partial charge in [-0.3, -0.25) is 0 Å². The molecule has 0 radical (unpaired) electrons. The number of aromatic nitrogens is 1. The minimum atomic E-state index is 0.0888. The van der Waals surface area contributed by atoms with Gasteiger partial charge in [-0.15, -0.1) is 12.3 Å². The van der Waals surface area contributed by atoms with Crippen molar-refractivity contribution in [2.75, 3.05) is 0 Å². The summed E-state index contributed by atoms with van der Waals surface area (Å²) >= 11 is 0. The number of terminal acetylenes is 1. The van der Waals surface area contributed by atoms with Crippen LogP contribution in [0, 0.1) is 12.3 Å². The number of benzene rings is 1. The first-order valence-electron chi connectivity index (χ1n) is 4.97. The molecular weight excluding hydrogens is 186 g/mol. The number of aliphatic hydroxyl groups excluding tert-OH is 1. The summed E-state index contributed by atoms with van der Waals surface area (Å²) in [5.41, 5.74) is 2.11. The van der Waals surface area contributed by atoms with Gasteiger partial charge in [-0.1, -0.05) is 6.07 Å². The zero-order chi connectivity index (χ0) is 10.7. The van der Waals surface area contributed by atoms with Gasteiger partial charge in [0, 0.05) is 24.7 Å². The van der Waals surface area contributed by atoms with Crippen molar-refractivity contribution in [3.8, 4) is 12.3 Å². The van der Waals surface area contributed by atoms with E-state index in [2.05, 4.69) is 10.5 Å². The van der Waals surface area contributed by atoms with Gasteiger partial charge >= 0.3 is 0 Å². The molecule has 0 atom stereocenters. The molecule has 0 fully saturated rings. The fraction of sp³-hybridized carbons (Fsp3) is 0.231. The van der Waals surface area contributed by atoms with Crippen LogP contribution in [0.3, 0.4) is 0 Å². The van der Waals surface area contributed by atoms with Crippen LogP contribution < -0.4 is 0 Å². The Morgan fingerprint density at radius 2 is 2.20 bits per heavy atom. The van der Waals surface area contributed by atoms with Gasteiger partial charge in [0.25, 0.3) is 0 Å². The maximum absolute atomic E-state index is 9.01. The SMILES string of the molecule is C#CCCn1ccc2cc(CO)ccc21. The fourth-order valence-corrected chi connectivity index (χ4v) is 1.73. The van der Waals surface area contributed by atoms with Crippen LogP contribution in [0.5, 0.6) is 0 Å². The molecule has 0 unspecified atom stereocenters. The van der Waals surface area contributed by atoms with Crippen molar-refractivity contribution >= 4 is 10.9 Å². The van der Waals surface area contributed by atoms with Gasteiger partial charge in [0.05, 0.1) is 6.61 Å². The molecule has 0 aliphatic carbocycles. The molecule has 76 valence electrons. The van der Waals surface area contributed by atoms with E-state index in [0.29, 0.717) is 0 Å². The third-order valence-electron chi connectivity index (χ3n) is 2.52. The average molecular weight is 199 g/mol. The highest BCUT2D eigenvalue weighted by molar-refractivity contribution is 5.80. The lowest BCUT2D eigenvalue weighted by atomic mass is 10.2. The van der Waals surface area contributed by atoms with Crippen molar-refractivity contribution < 1.29 is 5.11 Å². The molecule has 0 aliphatic rings. The predicted octanol–water partition coefficient (Wildman–Crippen LogP) is 2.16. The monoisotopic (exact) mass is 199 g/mol. The molecule has 1 aromatic heterocycles. The predicted molar refractivity (Wildman–Crippen MR) is 61.3 cm³/mol. The van der Waals surface area contributed by atoms with Gasteiger partial charge < -0.3 is 9.67 Å². The van der Waals surface area contributed by atoms with Crippen LogP contribution in [0.1, 0.15) is 12.0 Å². The maximum atomic E-state index is 9.01. The molecule has 0 spiro atoms. The average Bonchev–Trinajstić information content (AvgIpc) is 2.68. The van der Waals surface area contributed by atoms with Crippen LogP contribution in [0.2, 0.25) is 0 Å². The first-order valence-corrected chi connectivity index (χ1v) is 4.97. The van der Waals surface area contributed by atoms with Gasteiger partial charge in [-0.25, -0.2) is 0 Å². The van der Waals surface area contributed by atoms with E-state index in [1.54, 1.807) is 0 Å². The first kappa shape index (κ1) is 9.82. The van der Waals surface area contributed by atoms with Crippen molar-refractivity contribution in [3.05, 3.63) is 36.0 Å². The van der Waals surface area contributed by atoms with Crippen molar-refractivity contribution in [1.29, 1.82) is 0 Å². The van der Waals surface area contributed by atoms with Crippen LogP contribution in [-0.4, -0.2) is 9.67 Å². The van der Waals surface area contributed by atoms with E-state index in [9.17, 15) is 0 Å². The number of aryl methyl sites for hydroxylation is 1. The van der Waals surface area contributed by atoms with Crippen molar-refractivity contribution in [2.24, 2.45) is 0 Å². The number of fused-ring (bicyclic) bond motifs is 1. The molecule has 2 nitrogen and oxygen atoms in total. The van der Waals surface area contributed by atoms with Crippen molar-refractivity contribution in [2.45, 2.75) is 19.6 Å². The van der Waals surface area contributed by atoms with Gasteiger partial charge in [0.2, 0.25) is 0 Å². The molecule has 15 heavy (non-hydrogen) atoms. The van der Waals surface area contributed by atoms with Crippen molar-refractivity contribution in [3.63, 3.8) is 0 Å². The molecule has 2 heteroatoms. The summed E-state index contributed by atoms with van der Waals surface area (Å²) in [6.45, 7) is 0.934. The van der Waals surface area contributed by atoms with E-state index in [1.165, 1.54) is 5.52 Å². The zero-order valence-corrected chi connectivity index (χ0v) is 8.48. The normalized spacial score (nSPS) is 10.4. The Morgan fingerprint density at radius 3 is 2.93 bits per heavy atom. The highest BCUT2D eigenvalue weighted by Gasteiger charge is 2.00. The Labute approximate surface area is 89.2 Å². The van der Waals surface area contributed by atoms with E-state index in [4.69, 9.17) is 11.5 Å². The molecule has 2 aromatic rings. The summed E-state index contributed by atoms with van der Waals surface area (Å²) in [4.78, 5) is 0. The highest BCUT2D eigenvalue weighted by atomic mass is 16.3. The molecule has 1 aromatic carbocycles. The highest BCUT2D eigenvalue weighted by Crippen LogP contribution is 2.18. The van der Waals surface area contributed by atoms with E-state index >= 15 is 0 Å². The Morgan fingerprint density at radius 1 is 1.33 bits per heavy atom. The number of aliphatic hydroxyl groups is 1. The second-order valence-corrected chi connectivity index (χ2v) is 3.51. The summed E-state index contributed by atoms with van der Waals surface area (Å²) < 4.78 is 2.14. The summed E-state index contributed by atoms with van der Waals surface area (Å²) in [5.74, 6) is 2.63. The Hall–Kier alpha value is -1.72. The number of hydrogen-bond donors (Lipinski definition) is 1. The molecule has 0 saturated carbocycles. The van der Waals surface area contributed by atoms with Crippen LogP contribution in [0.25, 0.3) is 10.9 Å². The zero-order valence-electron chi connectivity index (χ0n) is 8.48. The first-order chi connectivity index (χ1) is 7.35. The smallest absolute Gasteiger partial charge is 0.0682 e. The minimum Gasteiger partial charge on any atom is -0.392 e. The van der Waals surface area contributed by atoms with Crippen LogP contribution >= 0.6 is 0 Å². The molecular formula is C13H13NO. The van der Waals surface area contributed by atoms with Crippen LogP contribution in [-0.2, 0) is 13.2 Å². The standard InChI is InChI=1S/C13H13NO/c1-2-3-7-14-8-6-12-9-11(10-15)4-5-13(12)14/h1,4-6,8-9,15H,3,7,10H2. The maximum Gasteiger partial charge on any atom is 0.0682 e. The van der Waals surface area contributed by atoms with Gasteiger partial charge in [-0.05, 0) is 29.1 Å². The number of nitrogens with zero attached hydrogens (tertiary/aromatic N) is 1. The molecule has 0 saturated heterocycles. The Kier molecular flexibility index (Phi) is 2.75. The van der Waals surface area contributed by atoms with Crippen LogP contribution in [0.15, 0.2) is 30.5 Å². The summed E-state index contributed by atoms with van der Waals surface area (Å²) in [6, 6.07) is 8.01. The lowest BCUT2D eigenvalue weighted by molar-refractivity contribution is 0.282. The Balaban J connectivity index is 2.39. The molecule has 1 N–H and O–H groups in total. The summed E-state index contributed by atoms with van der Waals surface area (Å²) in [6.07, 6.45) is 8.01. The van der Waals surface area contributed by atoms with Gasteiger partial charge in [0.1, 0.15) is 0 Å². The number of hydrogen-bond acceptors (Lipinski definition) is 1. The van der Waals surface area contributed by atoms with Gasteiger partial charge in [0.15, 0.2) is 0 Å². The van der Waals surface area contributed by atoms with Gasteiger partial charge in [-0.2, -0.15) is 0 Å². The van der Waals surface area contributed by atoms with E-state index in [0.717, 1.165) is 23.9 Å². The summed E-state index contributed by atoms with van der Waals surface area (Å²) in [5, 5.41) is 10.2. The van der Waals surface area contributed by atoms with E-state index < -0.39 is 0 Å². The van der Waals surface area contributed by atoms with Crippen LogP contribution in [0.4, 0.5) is 0 Å². The second kappa shape index (κ2) is 4.20. The third-order valence-corrected chi connectivity index (χ3v) is 2.52. The number of rotatable bonds is 3. The molecule has 0 amide bonds. The lowest BCUT2D eigenvalue weighted by Crippen LogP contribution is -1.94. The quantitative estimate of drug-likeness (QED) is 0.753. The molecule has 2 rings (SSSR count). The molecule has 0 aliphatic heterocycles. The van der Waals surface area contributed by atoms with E-state index in [-0.39, 0.29) is 6.61 Å². The fourth-order valence-electron chi connectivity index (χ4n) is 1.73. The minimum absolute atomic E-state index is 0.0888. The third kappa shape index (κ3) is 1.88.